The molecule has 0 saturated carbocycles. The van der Waals surface area contributed by atoms with Crippen LogP contribution in [0, 0.1) is 5.82 Å². The normalized spacial score (nSPS) is 10.5. The van der Waals surface area contributed by atoms with E-state index in [1.54, 1.807) is 42.5 Å². The number of ketones is 1. The van der Waals surface area contributed by atoms with Gasteiger partial charge in [0.05, 0.1) is 0 Å². The van der Waals surface area contributed by atoms with E-state index in [0.717, 1.165) is 4.68 Å². The predicted octanol–water partition coefficient (Wildman–Crippen LogP) is 3.32. The fourth-order valence-electron chi connectivity index (χ4n) is 3.04. The van der Waals surface area contributed by atoms with Crippen LogP contribution in [0.4, 0.5) is 10.1 Å². The van der Waals surface area contributed by atoms with Crippen molar-refractivity contribution in [3.63, 3.8) is 0 Å². The Morgan fingerprint density at radius 3 is 2.29 bits per heavy atom. The van der Waals surface area contributed by atoms with Crippen molar-refractivity contribution in [3.8, 4) is 11.5 Å². The number of halogens is 1. The Labute approximate surface area is 197 Å². The number of nitrogens with one attached hydrogen (secondary N) is 1. The molecular formula is C25H18FN3O6. The average Bonchev–Trinajstić information content (AvgIpc) is 3.23. The van der Waals surface area contributed by atoms with Crippen molar-refractivity contribution >= 4 is 23.3 Å². The van der Waals surface area contributed by atoms with E-state index in [-0.39, 0.29) is 17.4 Å². The Morgan fingerprint density at radius 1 is 0.914 bits per heavy atom. The largest absolute Gasteiger partial charge is 0.456 e. The number of carbonyl (C=O) groups excluding carboxylic acids is 3. The van der Waals surface area contributed by atoms with Gasteiger partial charge in [0.25, 0.3) is 5.91 Å². The summed E-state index contributed by atoms with van der Waals surface area (Å²) in [4.78, 5) is 48.6. The van der Waals surface area contributed by atoms with E-state index >= 15 is 0 Å². The smallest absolute Gasteiger partial charge is 0.437 e. The van der Waals surface area contributed by atoms with Crippen molar-refractivity contribution in [2.24, 2.45) is 0 Å². The summed E-state index contributed by atoms with van der Waals surface area (Å²) >= 11 is 0. The van der Waals surface area contributed by atoms with Crippen LogP contribution in [-0.4, -0.2) is 34.0 Å². The number of ether oxygens (including phenoxy) is 1. The molecule has 0 spiro atoms. The van der Waals surface area contributed by atoms with E-state index in [2.05, 4.69) is 10.4 Å². The predicted molar refractivity (Wildman–Crippen MR) is 122 cm³/mol. The van der Waals surface area contributed by atoms with Gasteiger partial charge in [0.2, 0.25) is 5.89 Å². The molecule has 0 aliphatic heterocycles. The van der Waals surface area contributed by atoms with Crippen LogP contribution in [0.3, 0.4) is 0 Å². The first-order valence-electron chi connectivity index (χ1n) is 10.4. The number of rotatable bonds is 8. The minimum atomic E-state index is -0.902. The first-order chi connectivity index (χ1) is 16.9. The number of hydrogen-bond acceptors (Lipinski definition) is 7. The van der Waals surface area contributed by atoms with Gasteiger partial charge >= 0.3 is 11.7 Å². The van der Waals surface area contributed by atoms with E-state index in [4.69, 9.17) is 9.15 Å². The summed E-state index contributed by atoms with van der Waals surface area (Å²) in [6.45, 7) is -1.12. The fourth-order valence-corrected chi connectivity index (χ4v) is 3.04. The van der Waals surface area contributed by atoms with E-state index < -0.39 is 36.5 Å². The molecular weight excluding hydrogens is 457 g/mol. The van der Waals surface area contributed by atoms with Crippen molar-refractivity contribution in [1.29, 1.82) is 0 Å². The molecule has 0 aliphatic rings. The molecule has 176 valence electrons. The third kappa shape index (κ3) is 5.93. The number of anilines is 1. The van der Waals surface area contributed by atoms with Crippen LogP contribution in [0.15, 0.2) is 88.1 Å². The van der Waals surface area contributed by atoms with Gasteiger partial charge < -0.3 is 14.5 Å². The van der Waals surface area contributed by atoms with E-state index in [9.17, 15) is 23.6 Å². The van der Waals surface area contributed by atoms with Gasteiger partial charge in [-0.1, -0.05) is 18.2 Å². The summed E-state index contributed by atoms with van der Waals surface area (Å²) in [5.74, 6) is -3.08. The third-order valence-corrected chi connectivity index (χ3v) is 4.84. The van der Waals surface area contributed by atoms with Crippen molar-refractivity contribution in [2.75, 3.05) is 11.9 Å². The Kier molecular flexibility index (Phi) is 6.91. The standard InChI is InChI=1S/C25H18FN3O6/c26-19-10-6-18(7-11-19)24-28-29(25(33)35-24)14-22(31)34-15-21(30)16-8-12-20(13-9-16)27-23(32)17-4-2-1-3-5-17/h1-13H,14-15H2,(H,27,32). The van der Waals surface area contributed by atoms with Crippen molar-refractivity contribution < 1.29 is 27.9 Å². The highest BCUT2D eigenvalue weighted by molar-refractivity contribution is 6.04. The molecule has 1 heterocycles. The number of nitrogens with zero attached hydrogens (tertiary/aromatic N) is 2. The second-order valence-corrected chi connectivity index (χ2v) is 7.32. The molecule has 4 rings (SSSR count). The quantitative estimate of drug-likeness (QED) is 0.307. The molecule has 35 heavy (non-hydrogen) atoms. The molecule has 9 nitrogen and oxygen atoms in total. The molecule has 0 atom stereocenters. The maximum atomic E-state index is 13.0. The van der Waals surface area contributed by atoms with Gasteiger partial charge in [0, 0.05) is 22.4 Å². The van der Waals surface area contributed by atoms with Gasteiger partial charge in [-0.2, -0.15) is 4.68 Å². The van der Waals surface area contributed by atoms with Crippen molar-refractivity contribution in [2.45, 2.75) is 6.54 Å². The summed E-state index contributed by atoms with van der Waals surface area (Å²) in [5, 5.41) is 6.61. The highest BCUT2D eigenvalue weighted by Gasteiger charge is 2.16. The first-order valence-corrected chi connectivity index (χ1v) is 10.4. The van der Waals surface area contributed by atoms with Crippen molar-refractivity contribution in [1.82, 2.24) is 9.78 Å². The summed E-state index contributed by atoms with van der Waals surface area (Å²) < 4.78 is 23.7. The molecule has 0 aliphatic carbocycles. The maximum absolute atomic E-state index is 13.0. The zero-order valence-corrected chi connectivity index (χ0v) is 18.1. The number of amides is 1. The first kappa shape index (κ1) is 23.3. The molecule has 0 radical (unpaired) electrons. The molecule has 4 aromatic rings. The van der Waals surface area contributed by atoms with Gasteiger partial charge in [-0.3, -0.25) is 14.4 Å². The number of benzene rings is 3. The van der Waals surface area contributed by atoms with Crippen LogP contribution in [0.25, 0.3) is 11.5 Å². The summed E-state index contributed by atoms with van der Waals surface area (Å²) in [6.07, 6.45) is 0. The number of carbonyl (C=O) groups is 3. The highest BCUT2D eigenvalue weighted by atomic mass is 19.1. The molecule has 0 bridgehead atoms. The Balaban J connectivity index is 1.30. The van der Waals surface area contributed by atoms with Crippen molar-refractivity contribution in [3.05, 3.63) is 106 Å². The number of aromatic nitrogens is 2. The second kappa shape index (κ2) is 10.4. The van der Waals surface area contributed by atoms with Crippen LogP contribution >= 0.6 is 0 Å². The number of esters is 1. The van der Waals surface area contributed by atoms with Crippen LogP contribution in [0.5, 0.6) is 0 Å². The topological polar surface area (TPSA) is 120 Å². The minimum absolute atomic E-state index is 0.0849. The van der Waals surface area contributed by atoms with E-state index in [1.165, 1.54) is 36.4 Å². The Hall–Kier alpha value is -4.86. The number of hydrogen-bond donors (Lipinski definition) is 1. The second-order valence-electron chi connectivity index (χ2n) is 7.32. The SMILES string of the molecule is O=C(Cn1nc(-c2ccc(F)cc2)oc1=O)OCC(=O)c1ccc(NC(=O)c2ccccc2)cc1. The van der Waals surface area contributed by atoms with Gasteiger partial charge in [-0.05, 0) is 60.7 Å². The lowest BCUT2D eigenvalue weighted by Crippen LogP contribution is -2.24. The molecule has 1 amide bonds. The third-order valence-electron chi connectivity index (χ3n) is 4.84. The van der Waals surface area contributed by atoms with Gasteiger partial charge in [0.1, 0.15) is 12.4 Å². The fraction of sp³-hybridized carbons (Fsp3) is 0.0800. The zero-order chi connectivity index (χ0) is 24.8. The number of Topliss-reactive ketones (excluding diaryl/α,β-unsaturated/α-hetero) is 1. The van der Waals surface area contributed by atoms with E-state index in [1.807, 2.05) is 0 Å². The van der Waals surface area contributed by atoms with Crippen LogP contribution in [0.1, 0.15) is 20.7 Å². The van der Waals surface area contributed by atoms with Crippen LogP contribution in [-0.2, 0) is 16.1 Å². The van der Waals surface area contributed by atoms with Gasteiger partial charge in [0.15, 0.2) is 12.4 Å². The molecule has 1 N–H and O–H groups in total. The molecule has 3 aromatic carbocycles. The maximum Gasteiger partial charge on any atom is 0.437 e. The van der Waals surface area contributed by atoms with Crippen LogP contribution in [0.2, 0.25) is 0 Å². The zero-order valence-electron chi connectivity index (χ0n) is 18.1. The molecule has 0 saturated heterocycles. The highest BCUT2D eigenvalue weighted by Crippen LogP contribution is 2.16. The molecule has 10 heteroatoms. The lowest BCUT2D eigenvalue weighted by Gasteiger charge is -2.07. The lowest BCUT2D eigenvalue weighted by molar-refractivity contribution is -0.143. The Bertz CT molecular complexity index is 1410. The summed E-state index contributed by atoms with van der Waals surface area (Å²) in [6, 6.07) is 19.9. The lowest BCUT2D eigenvalue weighted by atomic mass is 10.1. The van der Waals surface area contributed by atoms with Gasteiger partial charge in [-0.15, -0.1) is 5.10 Å². The van der Waals surface area contributed by atoms with Gasteiger partial charge in [-0.25, -0.2) is 9.18 Å². The van der Waals surface area contributed by atoms with E-state index in [0.29, 0.717) is 16.8 Å². The minimum Gasteiger partial charge on any atom is -0.456 e. The molecule has 0 fully saturated rings. The average molecular weight is 475 g/mol. The molecule has 1 aromatic heterocycles. The molecule has 0 unspecified atom stereocenters. The van der Waals surface area contributed by atoms with Crippen LogP contribution < -0.4 is 11.1 Å². The monoisotopic (exact) mass is 475 g/mol. The Morgan fingerprint density at radius 2 is 1.60 bits per heavy atom. The summed E-state index contributed by atoms with van der Waals surface area (Å²) in [5.41, 5.74) is 1.62. The summed E-state index contributed by atoms with van der Waals surface area (Å²) in [7, 11) is 0.